The molecule has 0 aromatic carbocycles. The number of hydrogen-bond acceptors (Lipinski definition) is 2. The number of hydrogen-bond donors (Lipinski definition) is 1. The number of aliphatic hydroxyl groups excluding tert-OH is 1. The standard InChI is InChI=1S/C4H7O2S/c5-4-1-2-7(6)3-4/h1,4-5H,2-3H2. The van der Waals surface area contributed by atoms with Crippen LogP contribution in [0.3, 0.4) is 0 Å². The third kappa shape index (κ3) is 1.33. The molecule has 0 aliphatic carbocycles. The molecule has 0 amide bonds. The number of rotatable bonds is 0. The zero-order valence-corrected chi connectivity index (χ0v) is 4.65. The van der Waals surface area contributed by atoms with E-state index >= 15 is 0 Å². The molecule has 41 valence electrons. The first-order valence-electron chi connectivity index (χ1n) is 2.15. The van der Waals surface area contributed by atoms with Crippen molar-refractivity contribution in [3.05, 3.63) is 6.42 Å². The monoisotopic (exact) mass is 119 g/mol. The van der Waals surface area contributed by atoms with Crippen molar-refractivity contribution >= 4 is 11.2 Å². The maximum Gasteiger partial charge on any atom is 0.131 e. The summed E-state index contributed by atoms with van der Waals surface area (Å²) in [7, 11) is 0. The van der Waals surface area contributed by atoms with E-state index in [1.807, 2.05) is 0 Å². The Labute approximate surface area is 45.7 Å². The van der Waals surface area contributed by atoms with Gasteiger partial charge in [0.05, 0.1) is 0 Å². The maximum absolute atomic E-state index is 10.4. The van der Waals surface area contributed by atoms with Gasteiger partial charge in [-0.3, -0.25) is 0 Å². The summed E-state index contributed by atoms with van der Waals surface area (Å²) < 4.78 is 10.4. The van der Waals surface area contributed by atoms with E-state index in [0.717, 1.165) is 0 Å². The minimum Gasteiger partial charge on any atom is -0.616 e. The van der Waals surface area contributed by atoms with E-state index in [-0.39, 0.29) is 0 Å². The molecule has 1 heterocycles. The summed E-state index contributed by atoms with van der Waals surface area (Å²) in [6.07, 6.45) is 1.27. The van der Waals surface area contributed by atoms with Crippen LogP contribution in [0.4, 0.5) is 0 Å². The predicted octanol–water partition coefficient (Wildman–Crippen LogP) is -0.686. The van der Waals surface area contributed by atoms with Gasteiger partial charge in [0, 0.05) is 6.42 Å². The van der Waals surface area contributed by atoms with E-state index in [0.29, 0.717) is 11.5 Å². The average molecular weight is 119 g/mol. The highest BCUT2D eigenvalue weighted by molar-refractivity contribution is 7.91. The zero-order valence-electron chi connectivity index (χ0n) is 3.83. The topological polar surface area (TPSA) is 43.3 Å². The summed E-state index contributed by atoms with van der Waals surface area (Å²) in [6, 6.07) is 0. The van der Waals surface area contributed by atoms with Crippen LogP contribution in [0, 0.1) is 6.42 Å². The van der Waals surface area contributed by atoms with Crippen LogP contribution in [-0.4, -0.2) is 27.3 Å². The molecule has 1 rings (SSSR count). The molecule has 1 aliphatic heterocycles. The van der Waals surface area contributed by atoms with E-state index in [2.05, 4.69) is 0 Å². The smallest absolute Gasteiger partial charge is 0.131 e. The second-order valence-corrected chi connectivity index (χ2v) is 3.12. The Kier molecular flexibility index (Phi) is 1.57. The minimum absolute atomic E-state index is 0.402. The van der Waals surface area contributed by atoms with Crippen molar-refractivity contribution in [1.82, 2.24) is 0 Å². The molecule has 1 radical (unpaired) electrons. The Bertz CT molecular complexity index is 58.7. The molecule has 0 spiro atoms. The van der Waals surface area contributed by atoms with Crippen molar-refractivity contribution in [3.63, 3.8) is 0 Å². The van der Waals surface area contributed by atoms with Gasteiger partial charge in [0.2, 0.25) is 0 Å². The third-order valence-corrected chi connectivity index (χ3v) is 2.19. The zero-order chi connectivity index (χ0) is 5.28. The average Bonchev–Trinajstić information content (AvgIpc) is 1.87. The molecule has 1 aliphatic rings. The molecular formula is C4H7O2S. The minimum atomic E-state index is -0.758. The molecule has 2 atom stereocenters. The van der Waals surface area contributed by atoms with Crippen LogP contribution < -0.4 is 0 Å². The Morgan fingerprint density at radius 3 is 2.71 bits per heavy atom. The largest absolute Gasteiger partial charge is 0.616 e. The van der Waals surface area contributed by atoms with Gasteiger partial charge < -0.3 is 9.66 Å². The lowest BCUT2D eigenvalue weighted by molar-refractivity contribution is 0.237. The van der Waals surface area contributed by atoms with Gasteiger partial charge in [-0.2, -0.15) is 0 Å². The molecular weight excluding hydrogens is 112 g/mol. The van der Waals surface area contributed by atoms with Gasteiger partial charge >= 0.3 is 0 Å². The lowest BCUT2D eigenvalue weighted by Gasteiger charge is -1.97. The Morgan fingerprint density at radius 2 is 2.57 bits per heavy atom. The van der Waals surface area contributed by atoms with Gasteiger partial charge in [-0.25, -0.2) is 0 Å². The Hall–Kier alpha value is 0.270. The second kappa shape index (κ2) is 2.03. The van der Waals surface area contributed by atoms with Crippen molar-refractivity contribution in [2.75, 3.05) is 11.5 Å². The fraction of sp³-hybridized carbons (Fsp3) is 0.750. The predicted molar refractivity (Wildman–Crippen MR) is 28.2 cm³/mol. The molecule has 0 bridgehead atoms. The molecule has 0 aromatic rings. The summed E-state index contributed by atoms with van der Waals surface area (Å²) in [6.45, 7) is 0. The fourth-order valence-electron chi connectivity index (χ4n) is 0.545. The molecule has 0 saturated carbocycles. The van der Waals surface area contributed by atoms with Crippen molar-refractivity contribution in [2.45, 2.75) is 6.10 Å². The highest BCUT2D eigenvalue weighted by Gasteiger charge is 2.23. The van der Waals surface area contributed by atoms with E-state index < -0.39 is 17.3 Å². The van der Waals surface area contributed by atoms with Crippen LogP contribution in [0.2, 0.25) is 0 Å². The molecule has 1 fully saturated rings. The van der Waals surface area contributed by atoms with Gasteiger partial charge in [0.1, 0.15) is 17.6 Å². The van der Waals surface area contributed by atoms with E-state index in [1.54, 1.807) is 6.42 Å². The quantitative estimate of drug-likeness (QED) is 0.429. The Morgan fingerprint density at radius 1 is 1.86 bits per heavy atom. The van der Waals surface area contributed by atoms with Crippen molar-refractivity contribution in [2.24, 2.45) is 0 Å². The molecule has 0 aromatic heterocycles. The van der Waals surface area contributed by atoms with Crippen molar-refractivity contribution in [1.29, 1.82) is 0 Å². The second-order valence-electron chi connectivity index (χ2n) is 1.58. The van der Waals surface area contributed by atoms with Crippen LogP contribution >= 0.6 is 0 Å². The SMILES string of the molecule is [O-][S+]1C[CH]C(O)C1. The van der Waals surface area contributed by atoms with Gasteiger partial charge in [-0.15, -0.1) is 0 Å². The van der Waals surface area contributed by atoms with Crippen LogP contribution in [0.1, 0.15) is 0 Å². The van der Waals surface area contributed by atoms with Crippen LogP contribution in [-0.2, 0) is 11.2 Å². The van der Waals surface area contributed by atoms with Gasteiger partial charge in [0.25, 0.3) is 0 Å². The summed E-state index contributed by atoms with van der Waals surface area (Å²) in [5.74, 6) is 1.02. The first-order valence-corrected chi connectivity index (χ1v) is 3.64. The normalized spacial score (nSPS) is 42.0. The van der Waals surface area contributed by atoms with Crippen molar-refractivity contribution in [3.8, 4) is 0 Å². The molecule has 2 nitrogen and oxygen atoms in total. The highest BCUT2D eigenvalue weighted by atomic mass is 32.2. The van der Waals surface area contributed by atoms with Crippen LogP contribution in [0.15, 0.2) is 0 Å². The van der Waals surface area contributed by atoms with Crippen LogP contribution in [0.5, 0.6) is 0 Å². The molecule has 1 saturated heterocycles. The Balaban J connectivity index is 2.26. The van der Waals surface area contributed by atoms with Gasteiger partial charge in [-0.1, -0.05) is 11.2 Å². The van der Waals surface area contributed by atoms with E-state index in [1.165, 1.54) is 0 Å². The van der Waals surface area contributed by atoms with Gasteiger partial charge in [-0.05, 0) is 0 Å². The summed E-state index contributed by atoms with van der Waals surface area (Å²) in [5.41, 5.74) is 0. The first-order chi connectivity index (χ1) is 3.29. The third-order valence-electron chi connectivity index (χ3n) is 0.911. The number of aliphatic hydroxyl groups is 1. The van der Waals surface area contributed by atoms with Crippen LogP contribution in [0.25, 0.3) is 0 Å². The molecule has 2 unspecified atom stereocenters. The van der Waals surface area contributed by atoms with Gasteiger partial charge in [0.15, 0.2) is 0 Å². The summed E-state index contributed by atoms with van der Waals surface area (Å²) >= 11 is -0.758. The lowest BCUT2D eigenvalue weighted by Crippen LogP contribution is -2.08. The lowest BCUT2D eigenvalue weighted by atomic mass is 10.3. The summed E-state index contributed by atoms with van der Waals surface area (Å²) in [4.78, 5) is 0. The molecule has 1 N–H and O–H groups in total. The highest BCUT2D eigenvalue weighted by Crippen LogP contribution is 2.08. The van der Waals surface area contributed by atoms with E-state index in [9.17, 15) is 4.55 Å². The summed E-state index contributed by atoms with van der Waals surface area (Å²) in [5, 5.41) is 8.65. The van der Waals surface area contributed by atoms with Crippen molar-refractivity contribution < 1.29 is 9.66 Å². The molecule has 3 heteroatoms. The first kappa shape index (κ1) is 5.41. The van der Waals surface area contributed by atoms with E-state index in [4.69, 9.17) is 5.11 Å². The maximum atomic E-state index is 10.4. The molecule has 7 heavy (non-hydrogen) atoms. The fourth-order valence-corrected chi connectivity index (χ4v) is 1.63.